The van der Waals surface area contributed by atoms with Crippen LogP contribution in [0.4, 0.5) is 0 Å². The van der Waals surface area contributed by atoms with Crippen molar-refractivity contribution in [2.24, 2.45) is 0 Å². The lowest BCUT2D eigenvalue weighted by Gasteiger charge is -2.24. The molecule has 1 aliphatic rings. The van der Waals surface area contributed by atoms with Gasteiger partial charge in [0.05, 0.1) is 12.2 Å². The Labute approximate surface area is 189 Å². The molecule has 0 atom stereocenters. The standard InChI is InChI=1S/C27H31N3O2/c1-21-19-25(31)26(27(32)29-17-9-2-3-10-18-29)24(15-14-22-11-5-4-6-12-22)30(21)20-23-13-7-8-16-28-23/h4-8,11-13,16,19H,2-3,9-10,14-15,17-18,20H2,1H3. The molecule has 1 saturated heterocycles. The van der Waals surface area contributed by atoms with Gasteiger partial charge < -0.3 is 9.47 Å². The van der Waals surface area contributed by atoms with Crippen molar-refractivity contribution in [2.45, 2.75) is 52.0 Å². The van der Waals surface area contributed by atoms with Crippen LogP contribution in [-0.4, -0.2) is 33.4 Å². The van der Waals surface area contributed by atoms with E-state index in [1.165, 1.54) is 5.56 Å². The Hall–Kier alpha value is -3.21. The van der Waals surface area contributed by atoms with Crippen LogP contribution in [0.5, 0.6) is 0 Å². The second-order valence-electron chi connectivity index (χ2n) is 8.57. The lowest BCUT2D eigenvalue weighted by Crippen LogP contribution is -2.37. The number of benzene rings is 1. The number of amides is 1. The highest BCUT2D eigenvalue weighted by Gasteiger charge is 2.25. The van der Waals surface area contributed by atoms with Crippen molar-refractivity contribution >= 4 is 5.91 Å². The first-order valence-electron chi connectivity index (χ1n) is 11.6. The number of pyridine rings is 2. The fourth-order valence-electron chi connectivity index (χ4n) is 4.53. The van der Waals surface area contributed by atoms with E-state index in [1.54, 1.807) is 12.3 Å². The number of carbonyl (C=O) groups is 1. The maximum Gasteiger partial charge on any atom is 0.259 e. The Morgan fingerprint density at radius 3 is 2.34 bits per heavy atom. The van der Waals surface area contributed by atoms with Gasteiger partial charge in [-0.3, -0.25) is 14.6 Å². The zero-order valence-electron chi connectivity index (χ0n) is 18.8. The zero-order valence-corrected chi connectivity index (χ0v) is 18.8. The summed E-state index contributed by atoms with van der Waals surface area (Å²) in [7, 11) is 0. The quantitative estimate of drug-likeness (QED) is 0.584. The lowest BCUT2D eigenvalue weighted by molar-refractivity contribution is 0.0758. The number of aromatic nitrogens is 2. The second kappa shape index (κ2) is 10.4. The predicted octanol–water partition coefficient (Wildman–Crippen LogP) is 4.40. The van der Waals surface area contributed by atoms with E-state index in [-0.39, 0.29) is 11.3 Å². The zero-order chi connectivity index (χ0) is 22.3. The molecule has 32 heavy (non-hydrogen) atoms. The molecule has 5 heteroatoms. The van der Waals surface area contributed by atoms with Gasteiger partial charge in [-0.2, -0.15) is 0 Å². The highest BCUT2D eigenvalue weighted by molar-refractivity contribution is 5.95. The largest absolute Gasteiger partial charge is 0.342 e. The van der Waals surface area contributed by atoms with Crippen LogP contribution >= 0.6 is 0 Å². The highest BCUT2D eigenvalue weighted by atomic mass is 16.2. The molecule has 0 aliphatic carbocycles. The molecule has 1 aliphatic heterocycles. The average molecular weight is 430 g/mol. The van der Waals surface area contributed by atoms with E-state index in [1.807, 2.05) is 48.2 Å². The van der Waals surface area contributed by atoms with E-state index in [2.05, 4.69) is 21.7 Å². The molecule has 1 fully saturated rings. The molecule has 3 heterocycles. The molecule has 0 spiro atoms. The average Bonchev–Trinajstić information content (AvgIpc) is 3.10. The molecule has 0 bridgehead atoms. The summed E-state index contributed by atoms with van der Waals surface area (Å²) in [6.07, 6.45) is 7.46. The minimum absolute atomic E-state index is 0.116. The molecule has 0 N–H and O–H groups in total. The van der Waals surface area contributed by atoms with Crippen molar-refractivity contribution < 1.29 is 4.79 Å². The fourth-order valence-corrected chi connectivity index (χ4v) is 4.53. The molecule has 5 nitrogen and oxygen atoms in total. The van der Waals surface area contributed by atoms with Gasteiger partial charge >= 0.3 is 0 Å². The Morgan fingerprint density at radius 2 is 1.66 bits per heavy atom. The Bertz CT molecular complexity index is 1100. The number of hydrogen-bond acceptors (Lipinski definition) is 3. The molecule has 3 aromatic rings. The van der Waals surface area contributed by atoms with Gasteiger partial charge in [0.15, 0.2) is 5.43 Å². The number of rotatable bonds is 6. The number of likely N-dealkylation sites (tertiary alicyclic amines) is 1. The number of nitrogens with zero attached hydrogens (tertiary/aromatic N) is 3. The molecule has 0 radical (unpaired) electrons. The molecule has 1 amide bonds. The van der Waals surface area contributed by atoms with Gasteiger partial charge in [-0.05, 0) is 50.3 Å². The fraction of sp³-hybridized carbons (Fsp3) is 0.370. The summed E-state index contributed by atoms with van der Waals surface area (Å²) in [4.78, 5) is 33.2. The van der Waals surface area contributed by atoms with E-state index >= 15 is 0 Å². The summed E-state index contributed by atoms with van der Waals surface area (Å²) in [5.41, 5.74) is 3.95. The maximum atomic E-state index is 13.6. The van der Waals surface area contributed by atoms with Gasteiger partial charge in [0.25, 0.3) is 5.91 Å². The highest BCUT2D eigenvalue weighted by Crippen LogP contribution is 2.19. The summed E-state index contributed by atoms with van der Waals surface area (Å²) in [5.74, 6) is -0.116. The van der Waals surface area contributed by atoms with Gasteiger partial charge in [0, 0.05) is 36.7 Å². The third-order valence-corrected chi connectivity index (χ3v) is 6.27. The summed E-state index contributed by atoms with van der Waals surface area (Å²) in [5, 5.41) is 0. The third kappa shape index (κ3) is 5.16. The minimum atomic E-state index is -0.169. The van der Waals surface area contributed by atoms with E-state index in [4.69, 9.17) is 0 Å². The van der Waals surface area contributed by atoms with E-state index in [0.29, 0.717) is 18.5 Å². The molecular formula is C27H31N3O2. The Balaban J connectivity index is 1.76. The van der Waals surface area contributed by atoms with Crippen molar-refractivity contribution in [1.29, 1.82) is 0 Å². The normalized spacial score (nSPS) is 14.2. The van der Waals surface area contributed by atoms with Gasteiger partial charge in [-0.15, -0.1) is 0 Å². The number of carbonyl (C=O) groups excluding carboxylic acids is 1. The van der Waals surface area contributed by atoms with Crippen LogP contribution < -0.4 is 5.43 Å². The van der Waals surface area contributed by atoms with Crippen LogP contribution in [-0.2, 0) is 19.4 Å². The molecule has 1 aromatic carbocycles. The van der Waals surface area contributed by atoms with Crippen LogP contribution in [0, 0.1) is 6.92 Å². The SMILES string of the molecule is Cc1cc(=O)c(C(=O)N2CCCCCC2)c(CCc2ccccc2)n1Cc1ccccn1. The van der Waals surface area contributed by atoms with E-state index in [9.17, 15) is 9.59 Å². The Kier molecular flexibility index (Phi) is 7.15. The lowest BCUT2D eigenvalue weighted by atomic mass is 10.0. The summed E-state index contributed by atoms with van der Waals surface area (Å²) in [6.45, 7) is 3.93. The van der Waals surface area contributed by atoms with Crippen molar-refractivity contribution in [2.75, 3.05) is 13.1 Å². The van der Waals surface area contributed by atoms with E-state index in [0.717, 1.165) is 62.3 Å². The van der Waals surface area contributed by atoms with Crippen LogP contribution in [0.15, 0.2) is 65.6 Å². The predicted molar refractivity (Wildman–Crippen MR) is 127 cm³/mol. The maximum absolute atomic E-state index is 13.6. The van der Waals surface area contributed by atoms with Crippen molar-refractivity contribution in [3.05, 3.63) is 99.2 Å². The number of hydrogen-bond donors (Lipinski definition) is 0. The first-order chi connectivity index (χ1) is 15.6. The van der Waals surface area contributed by atoms with Crippen LogP contribution in [0.3, 0.4) is 0 Å². The monoisotopic (exact) mass is 429 g/mol. The molecule has 0 unspecified atom stereocenters. The van der Waals surface area contributed by atoms with Gasteiger partial charge in [0.1, 0.15) is 5.56 Å². The topological polar surface area (TPSA) is 55.2 Å². The van der Waals surface area contributed by atoms with Crippen molar-refractivity contribution in [3.8, 4) is 0 Å². The van der Waals surface area contributed by atoms with Gasteiger partial charge in [-0.25, -0.2) is 0 Å². The van der Waals surface area contributed by atoms with Gasteiger partial charge in [0.2, 0.25) is 0 Å². The van der Waals surface area contributed by atoms with Crippen molar-refractivity contribution in [1.82, 2.24) is 14.5 Å². The van der Waals surface area contributed by atoms with Gasteiger partial charge in [-0.1, -0.05) is 49.2 Å². The summed E-state index contributed by atoms with van der Waals surface area (Å²) < 4.78 is 2.11. The van der Waals surface area contributed by atoms with Crippen LogP contribution in [0.1, 0.15) is 58.7 Å². The van der Waals surface area contributed by atoms with E-state index < -0.39 is 0 Å². The Morgan fingerprint density at radius 1 is 0.938 bits per heavy atom. The van der Waals surface area contributed by atoms with Crippen LogP contribution in [0.25, 0.3) is 0 Å². The minimum Gasteiger partial charge on any atom is -0.342 e. The molecule has 166 valence electrons. The smallest absolute Gasteiger partial charge is 0.259 e. The summed E-state index contributed by atoms with van der Waals surface area (Å²) in [6, 6.07) is 17.7. The number of aryl methyl sites for hydroxylation is 2. The van der Waals surface area contributed by atoms with Crippen molar-refractivity contribution in [3.63, 3.8) is 0 Å². The third-order valence-electron chi connectivity index (χ3n) is 6.27. The molecular weight excluding hydrogens is 398 g/mol. The summed E-state index contributed by atoms with van der Waals surface area (Å²) >= 11 is 0. The molecule has 0 saturated carbocycles. The molecule has 2 aromatic heterocycles. The second-order valence-corrected chi connectivity index (χ2v) is 8.57. The first-order valence-corrected chi connectivity index (χ1v) is 11.6. The molecule has 4 rings (SSSR count). The van der Waals surface area contributed by atoms with Crippen LogP contribution in [0.2, 0.25) is 0 Å². The first kappa shape index (κ1) is 22.0.